The Hall–Kier alpha value is -4.05. The van der Waals surface area contributed by atoms with E-state index in [9.17, 15) is 27.2 Å². The minimum atomic E-state index is -4.52. The molecule has 0 saturated carbocycles. The zero-order valence-electron chi connectivity index (χ0n) is 22.6. The van der Waals surface area contributed by atoms with Crippen LogP contribution in [0.5, 0.6) is 0 Å². The number of nitrogens with one attached hydrogen (secondary N) is 1. The molecular formula is C31H28ClF4N3O3. The van der Waals surface area contributed by atoms with E-state index in [1.807, 2.05) is 6.07 Å². The van der Waals surface area contributed by atoms with E-state index in [1.54, 1.807) is 37.3 Å². The predicted molar refractivity (Wildman–Crippen MR) is 152 cm³/mol. The van der Waals surface area contributed by atoms with Crippen molar-refractivity contribution < 1.29 is 32.3 Å². The molecule has 2 N–H and O–H groups in total. The highest BCUT2D eigenvalue weighted by molar-refractivity contribution is 6.30. The van der Waals surface area contributed by atoms with Gasteiger partial charge in [-0.1, -0.05) is 17.7 Å². The van der Waals surface area contributed by atoms with E-state index in [4.69, 9.17) is 16.7 Å². The predicted octanol–water partition coefficient (Wildman–Crippen LogP) is 7.55. The highest BCUT2D eigenvalue weighted by Gasteiger charge is 2.33. The van der Waals surface area contributed by atoms with Crippen LogP contribution < -0.4 is 5.32 Å². The van der Waals surface area contributed by atoms with Crippen LogP contribution in [0.1, 0.15) is 54.0 Å². The minimum Gasteiger partial charge on any atom is -0.481 e. The summed E-state index contributed by atoms with van der Waals surface area (Å²) < 4.78 is 53.6. The van der Waals surface area contributed by atoms with Gasteiger partial charge in [-0.15, -0.1) is 0 Å². The Morgan fingerprint density at radius 1 is 1.05 bits per heavy atom. The number of fused-ring (bicyclic) bond motifs is 1. The first-order chi connectivity index (χ1) is 19.9. The number of hydrogen-bond acceptors (Lipinski definition) is 4. The second-order valence-electron chi connectivity index (χ2n) is 10.2. The molecular weight excluding hydrogens is 574 g/mol. The molecule has 6 nitrogen and oxygen atoms in total. The summed E-state index contributed by atoms with van der Waals surface area (Å²) in [7, 11) is 0. The van der Waals surface area contributed by atoms with E-state index in [1.165, 1.54) is 24.4 Å². The third kappa shape index (κ3) is 8.72. The first-order valence-corrected chi connectivity index (χ1v) is 13.6. The molecule has 0 aliphatic rings. The monoisotopic (exact) mass is 601 g/mol. The van der Waals surface area contributed by atoms with Crippen molar-refractivity contribution in [1.29, 1.82) is 0 Å². The quantitative estimate of drug-likeness (QED) is 0.137. The number of halogens is 5. The van der Waals surface area contributed by atoms with E-state index in [-0.39, 0.29) is 23.4 Å². The molecule has 220 valence electrons. The number of aryl methyl sites for hydroxylation is 2. The summed E-state index contributed by atoms with van der Waals surface area (Å²) >= 11 is 6.06. The molecule has 1 amide bonds. The normalized spacial score (nSPS) is 12.3. The van der Waals surface area contributed by atoms with Gasteiger partial charge in [0.25, 0.3) is 0 Å². The van der Waals surface area contributed by atoms with Crippen LogP contribution >= 0.6 is 11.6 Å². The van der Waals surface area contributed by atoms with Crippen LogP contribution in [0.25, 0.3) is 22.3 Å². The van der Waals surface area contributed by atoms with Crippen LogP contribution in [0.3, 0.4) is 0 Å². The van der Waals surface area contributed by atoms with Crippen molar-refractivity contribution in [3.05, 3.63) is 93.9 Å². The SMILES string of the molecule is Cc1cc(Cl)cc([C@@H](CC(F)(F)F)NC(=O)Cc2cnc3nc(-c4ccc(F)cc4)c(CCCCC(=O)O)cc3c2)c1. The van der Waals surface area contributed by atoms with E-state index < -0.39 is 36.3 Å². The van der Waals surface area contributed by atoms with Crippen molar-refractivity contribution >= 4 is 34.5 Å². The van der Waals surface area contributed by atoms with Gasteiger partial charge >= 0.3 is 12.1 Å². The Balaban J connectivity index is 1.59. The smallest absolute Gasteiger partial charge is 0.391 e. The molecule has 0 fully saturated rings. The number of unbranched alkanes of at least 4 members (excludes halogenated alkanes) is 1. The van der Waals surface area contributed by atoms with Gasteiger partial charge in [0.1, 0.15) is 5.82 Å². The first kappa shape index (κ1) is 30.9. The lowest BCUT2D eigenvalue weighted by atomic mass is 9.98. The average molecular weight is 602 g/mol. The van der Waals surface area contributed by atoms with Gasteiger partial charge in [0.2, 0.25) is 5.91 Å². The van der Waals surface area contributed by atoms with Crippen molar-refractivity contribution in [2.45, 2.75) is 57.7 Å². The largest absolute Gasteiger partial charge is 0.481 e. The van der Waals surface area contributed by atoms with Gasteiger partial charge in [-0.2, -0.15) is 13.2 Å². The van der Waals surface area contributed by atoms with Crippen molar-refractivity contribution in [2.75, 3.05) is 0 Å². The van der Waals surface area contributed by atoms with E-state index in [2.05, 4.69) is 15.3 Å². The summed E-state index contributed by atoms with van der Waals surface area (Å²) in [5, 5.41) is 12.3. The number of aromatic nitrogens is 2. The number of carboxylic acids is 1. The maximum Gasteiger partial charge on any atom is 0.391 e. The van der Waals surface area contributed by atoms with Crippen molar-refractivity contribution in [1.82, 2.24) is 15.3 Å². The number of carbonyl (C=O) groups excluding carboxylic acids is 1. The summed E-state index contributed by atoms with van der Waals surface area (Å²) in [5.41, 5.74) is 3.82. The van der Waals surface area contributed by atoms with Crippen molar-refractivity contribution in [3.63, 3.8) is 0 Å². The number of carbonyl (C=O) groups is 2. The zero-order chi connectivity index (χ0) is 30.4. The van der Waals surface area contributed by atoms with Gasteiger partial charge in [-0.05, 0) is 97.0 Å². The maximum atomic E-state index is 13.5. The fourth-order valence-corrected chi connectivity index (χ4v) is 5.07. The van der Waals surface area contributed by atoms with Crippen LogP contribution in [0.2, 0.25) is 5.02 Å². The molecule has 4 aromatic rings. The van der Waals surface area contributed by atoms with Crippen LogP contribution in [0, 0.1) is 12.7 Å². The Morgan fingerprint density at radius 3 is 2.45 bits per heavy atom. The van der Waals surface area contributed by atoms with Crippen LogP contribution in [0.15, 0.2) is 60.8 Å². The van der Waals surface area contributed by atoms with Gasteiger partial charge in [0.15, 0.2) is 5.65 Å². The zero-order valence-corrected chi connectivity index (χ0v) is 23.4. The Labute approximate surface area is 244 Å². The van der Waals surface area contributed by atoms with Gasteiger partial charge in [-0.25, -0.2) is 14.4 Å². The Kier molecular flexibility index (Phi) is 9.78. The summed E-state index contributed by atoms with van der Waals surface area (Å²) in [6.45, 7) is 1.71. The average Bonchev–Trinajstić information content (AvgIpc) is 2.89. The number of pyridine rings is 2. The Bertz CT molecular complexity index is 1570. The number of rotatable bonds is 11. The summed E-state index contributed by atoms with van der Waals surface area (Å²) in [6, 6.07) is 12.7. The summed E-state index contributed by atoms with van der Waals surface area (Å²) in [4.78, 5) is 32.9. The highest BCUT2D eigenvalue weighted by Crippen LogP contribution is 2.32. The summed E-state index contributed by atoms with van der Waals surface area (Å²) in [6.07, 6.45) is -2.98. The molecule has 0 aliphatic carbocycles. The molecule has 11 heteroatoms. The third-order valence-electron chi connectivity index (χ3n) is 6.61. The second-order valence-corrected chi connectivity index (χ2v) is 10.6. The molecule has 0 radical (unpaired) electrons. The Morgan fingerprint density at radius 2 is 1.79 bits per heavy atom. The third-order valence-corrected chi connectivity index (χ3v) is 6.83. The molecule has 0 bridgehead atoms. The van der Waals surface area contributed by atoms with Crippen LogP contribution in [-0.4, -0.2) is 33.1 Å². The fraction of sp³-hybridized carbons (Fsp3) is 0.290. The molecule has 0 spiro atoms. The molecule has 0 saturated heterocycles. The highest BCUT2D eigenvalue weighted by atomic mass is 35.5. The standard InChI is InChI=1S/C31H28ClF4N3O3/c1-18-10-22(15-24(32)11-18)26(16-31(34,35)36)38-27(40)13-19-12-23-14-21(4-2-3-5-28(41)42)29(39-30(23)37-17-19)20-6-8-25(33)9-7-20/h6-12,14-15,17,26H,2-5,13,16H2,1H3,(H,38,40)(H,41,42)/t26-/m1/s1. The number of benzene rings is 2. The first-order valence-electron chi connectivity index (χ1n) is 13.3. The van der Waals surface area contributed by atoms with Crippen LogP contribution in [-0.2, 0) is 22.4 Å². The van der Waals surface area contributed by atoms with E-state index in [0.29, 0.717) is 52.7 Å². The van der Waals surface area contributed by atoms with Gasteiger partial charge in [-0.3, -0.25) is 9.59 Å². The van der Waals surface area contributed by atoms with Gasteiger partial charge < -0.3 is 10.4 Å². The number of hydrogen-bond donors (Lipinski definition) is 2. The molecule has 42 heavy (non-hydrogen) atoms. The topological polar surface area (TPSA) is 92.2 Å². The maximum absolute atomic E-state index is 13.5. The van der Waals surface area contributed by atoms with Crippen molar-refractivity contribution in [3.8, 4) is 11.3 Å². The molecule has 2 aromatic heterocycles. The number of amides is 1. The molecule has 1 atom stereocenters. The fourth-order valence-electron chi connectivity index (χ4n) is 4.77. The lowest BCUT2D eigenvalue weighted by Crippen LogP contribution is -2.33. The molecule has 0 unspecified atom stereocenters. The number of carboxylic acid groups (broad SMARTS) is 1. The minimum absolute atomic E-state index is 0.0256. The molecule has 2 aromatic carbocycles. The van der Waals surface area contributed by atoms with Crippen LogP contribution in [0.4, 0.5) is 17.6 Å². The molecule has 4 rings (SSSR count). The van der Waals surface area contributed by atoms with Crippen molar-refractivity contribution in [2.24, 2.45) is 0 Å². The number of aliphatic carboxylic acids is 1. The van der Waals surface area contributed by atoms with E-state index in [0.717, 1.165) is 5.56 Å². The second kappa shape index (κ2) is 13.3. The lowest BCUT2D eigenvalue weighted by molar-refractivity contribution is -0.143. The molecule has 2 heterocycles. The van der Waals surface area contributed by atoms with E-state index >= 15 is 0 Å². The molecule has 0 aliphatic heterocycles. The van der Waals surface area contributed by atoms with Gasteiger partial charge in [0, 0.05) is 28.6 Å². The number of nitrogens with zero attached hydrogens (tertiary/aromatic N) is 2. The number of alkyl halides is 3. The summed E-state index contributed by atoms with van der Waals surface area (Å²) in [5.74, 6) is -1.90. The lowest BCUT2D eigenvalue weighted by Gasteiger charge is -2.21. The van der Waals surface area contributed by atoms with Gasteiger partial charge in [0.05, 0.1) is 24.6 Å².